The number of aromatic nitrogens is 1. The number of anilines is 1. The van der Waals surface area contributed by atoms with E-state index in [0.717, 1.165) is 36.8 Å². The van der Waals surface area contributed by atoms with Gasteiger partial charge in [-0.25, -0.2) is 0 Å². The van der Waals surface area contributed by atoms with E-state index in [1.165, 1.54) is 0 Å². The van der Waals surface area contributed by atoms with Crippen LogP contribution in [0.25, 0.3) is 10.9 Å². The van der Waals surface area contributed by atoms with E-state index < -0.39 is 11.9 Å². The van der Waals surface area contributed by atoms with E-state index in [0.29, 0.717) is 29.0 Å². The van der Waals surface area contributed by atoms with Gasteiger partial charge in [-0.2, -0.15) is 0 Å². The average molecular weight is 517 g/mol. The van der Waals surface area contributed by atoms with E-state index in [2.05, 4.69) is 24.0 Å². The summed E-state index contributed by atoms with van der Waals surface area (Å²) in [6.45, 7) is 7.23. The van der Waals surface area contributed by atoms with Gasteiger partial charge in [-0.15, -0.1) is 0 Å². The second-order valence-corrected chi connectivity index (χ2v) is 8.65. The lowest BCUT2D eigenvalue weighted by Gasteiger charge is -2.23. The molecule has 0 radical (unpaired) electrons. The van der Waals surface area contributed by atoms with Crippen molar-refractivity contribution in [3.05, 3.63) is 95.7 Å². The van der Waals surface area contributed by atoms with Crippen LogP contribution in [0.2, 0.25) is 0 Å². The number of carboxylic acid groups (broad SMARTS) is 2. The summed E-state index contributed by atoms with van der Waals surface area (Å²) >= 11 is 0. The van der Waals surface area contributed by atoms with Crippen LogP contribution in [0.15, 0.2) is 78.9 Å². The number of aliphatic carboxylic acids is 2. The number of hydrogen-bond acceptors (Lipinski definition) is 5. The van der Waals surface area contributed by atoms with Gasteiger partial charge in [-0.3, -0.25) is 19.0 Å². The quantitative estimate of drug-likeness (QED) is 0.312. The van der Waals surface area contributed by atoms with Crippen LogP contribution in [0.3, 0.4) is 0 Å². The SMILES string of the molecule is CC(=O)O.CCN(CCOc1ccc(C(=O)n2c(C)cc3c(CC(=O)O)cccc32)cc1)c1ccccc1. The monoisotopic (exact) mass is 516 g/mol. The highest BCUT2D eigenvalue weighted by molar-refractivity contribution is 6.04. The van der Waals surface area contributed by atoms with Gasteiger partial charge in [-0.1, -0.05) is 30.3 Å². The summed E-state index contributed by atoms with van der Waals surface area (Å²) in [4.78, 5) is 35.7. The number of carbonyl (C=O) groups excluding carboxylic acids is 1. The Hall–Kier alpha value is -4.59. The molecule has 198 valence electrons. The second-order valence-electron chi connectivity index (χ2n) is 8.65. The van der Waals surface area contributed by atoms with Gasteiger partial charge in [0, 0.05) is 35.8 Å². The second kappa shape index (κ2) is 13.1. The maximum absolute atomic E-state index is 13.3. The molecule has 0 spiro atoms. The molecular weight excluding hydrogens is 484 g/mol. The fraction of sp³-hybridized carbons (Fsp3) is 0.233. The van der Waals surface area contributed by atoms with Crippen molar-refractivity contribution in [3.63, 3.8) is 0 Å². The van der Waals surface area contributed by atoms with Crippen LogP contribution in [0.1, 0.15) is 35.5 Å². The fourth-order valence-corrected chi connectivity index (χ4v) is 4.22. The summed E-state index contributed by atoms with van der Waals surface area (Å²) < 4.78 is 7.55. The van der Waals surface area contributed by atoms with E-state index in [-0.39, 0.29) is 12.3 Å². The van der Waals surface area contributed by atoms with Crippen LogP contribution in [0.4, 0.5) is 5.69 Å². The summed E-state index contributed by atoms with van der Waals surface area (Å²) in [5, 5.41) is 17.4. The normalized spacial score (nSPS) is 10.4. The Morgan fingerprint density at radius 1 is 0.921 bits per heavy atom. The van der Waals surface area contributed by atoms with Crippen molar-refractivity contribution in [2.45, 2.75) is 27.2 Å². The van der Waals surface area contributed by atoms with Gasteiger partial charge in [0.05, 0.1) is 18.5 Å². The van der Waals surface area contributed by atoms with Crippen LogP contribution in [-0.2, 0) is 16.0 Å². The van der Waals surface area contributed by atoms with Crippen molar-refractivity contribution in [1.29, 1.82) is 0 Å². The van der Waals surface area contributed by atoms with E-state index in [1.54, 1.807) is 28.8 Å². The Balaban J connectivity index is 0.000000934. The minimum atomic E-state index is -0.898. The van der Waals surface area contributed by atoms with Gasteiger partial charge >= 0.3 is 5.97 Å². The first-order valence-corrected chi connectivity index (χ1v) is 12.3. The summed E-state index contributed by atoms with van der Waals surface area (Å²) in [5.74, 6) is -1.18. The summed E-state index contributed by atoms with van der Waals surface area (Å²) in [7, 11) is 0. The van der Waals surface area contributed by atoms with E-state index in [4.69, 9.17) is 14.6 Å². The van der Waals surface area contributed by atoms with Crippen molar-refractivity contribution in [1.82, 2.24) is 4.57 Å². The Morgan fingerprint density at radius 2 is 1.58 bits per heavy atom. The van der Waals surface area contributed by atoms with Gasteiger partial charge in [0.2, 0.25) is 0 Å². The molecule has 0 amide bonds. The number of benzene rings is 3. The molecule has 0 aliphatic carbocycles. The van der Waals surface area contributed by atoms with Crippen LogP contribution >= 0.6 is 0 Å². The molecule has 0 fully saturated rings. The zero-order valence-electron chi connectivity index (χ0n) is 21.8. The Bertz CT molecular complexity index is 1390. The molecule has 0 saturated heterocycles. The minimum absolute atomic E-state index is 0.0826. The predicted octanol–water partition coefficient (Wildman–Crippen LogP) is 5.26. The number of likely N-dealkylation sites (N-methyl/N-ethyl adjacent to an activating group) is 1. The molecule has 0 bridgehead atoms. The summed E-state index contributed by atoms with van der Waals surface area (Å²) in [5.41, 5.74) is 3.87. The van der Waals surface area contributed by atoms with Crippen molar-refractivity contribution in [2.24, 2.45) is 0 Å². The number of rotatable bonds is 9. The van der Waals surface area contributed by atoms with Crippen LogP contribution in [0, 0.1) is 6.92 Å². The number of ether oxygens (including phenoxy) is 1. The third kappa shape index (κ3) is 7.22. The lowest BCUT2D eigenvalue weighted by Crippen LogP contribution is -2.27. The molecule has 0 aliphatic heterocycles. The standard InChI is InChI=1S/C28H28N2O4.C2H4O2/c1-3-29(23-9-5-4-6-10-23)16-17-34-24-14-12-21(13-15-24)28(33)30-20(2)18-25-22(19-27(31)32)8-7-11-26(25)30;1-2(3)4/h4-15,18H,3,16-17,19H2,1-2H3,(H,31,32);1H3,(H,3,4). The maximum Gasteiger partial charge on any atom is 0.307 e. The Morgan fingerprint density at radius 3 is 2.18 bits per heavy atom. The van der Waals surface area contributed by atoms with Crippen LogP contribution < -0.4 is 9.64 Å². The molecule has 1 heterocycles. The largest absolute Gasteiger partial charge is 0.492 e. The molecule has 0 saturated carbocycles. The molecule has 8 nitrogen and oxygen atoms in total. The number of hydrogen-bond donors (Lipinski definition) is 2. The number of para-hydroxylation sites is 1. The maximum atomic E-state index is 13.3. The van der Waals surface area contributed by atoms with E-state index in [1.807, 2.05) is 49.4 Å². The Labute approximate surface area is 221 Å². The zero-order valence-corrected chi connectivity index (χ0v) is 21.8. The van der Waals surface area contributed by atoms with Gasteiger partial charge in [0.25, 0.3) is 11.9 Å². The number of fused-ring (bicyclic) bond motifs is 1. The smallest absolute Gasteiger partial charge is 0.307 e. The van der Waals surface area contributed by atoms with Gasteiger partial charge in [0.15, 0.2) is 0 Å². The molecule has 4 rings (SSSR count). The molecule has 38 heavy (non-hydrogen) atoms. The van der Waals surface area contributed by atoms with Gasteiger partial charge in [0.1, 0.15) is 12.4 Å². The third-order valence-electron chi connectivity index (χ3n) is 5.90. The third-order valence-corrected chi connectivity index (χ3v) is 5.90. The lowest BCUT2D eigenvalue weighted by atomic mass is 10.1. The van der Waals surface area contributed by atoms with Crippen LogP contribution in [0.5, 0.6) is 5.75 Å². The average Bonchev–Trinajstić information content (AvgIpc) is 3.23. The molecule has 1 aromatic heterocycles. The Kier molecular flexibility index (Phi) is 9.65. The molecule has 0 atom stereocenters. The molecule has 3 aromatic carbocycles. The summed E-state index contributed by atoms with van der Waals surface area (Å²) in [6.07, 6.45) is -0.0826. The van der Waals surface area contributed by atoms with Crippen molar-refractivity contribution in [2.75, 3.05) is 24.6 Å². The molecule has 4 aromatic rings. The zero-order chi connectivity index (χ0) is 27.7. The highest BCUT2D eigenvalue weighted by Crippen LogP contribution is 2.25. The van der Waals surface area contributed by atoms with E-state index in [9.17, 15) is 14.7 Å². The lowest BCUT2D eigenvalue weighted by molar-refractivity contribution is -0.136. The van der Waals surface area contributed by atoms with Crippen LogP contribution in [-0.4, -0.2) is 52.3 Å². The molecular formula is C30H32N2O6. The molecule has 0 aliphatic rings. The van der Waals surface area contributed by atoms with E-state index >= 15 is 0 Å². The molecule has 2 N–H and O–H groups in total. The number of aryl methyl sites for hydroxylation is 1. The summed E-state index contributed by atoms with van der Waals surface area (Å²) in [6, 6.07) is 24.7. The fourth-order valence-electron chi connectivity index (χ4n) is 4.22. The number of nitrogens with zero attached hydrogens (tertiary/aromatic N) is 2. The predicted molar refractivity (Wildman–Crippen MR) is 147 cm³/mol. The topological polar surface area (TPSA) is 109 Å². The van der Waals surface area contributed by atoms with Gasteiger partial charge in [-0.05, 0) is 67.9 Å². The van der Waals surface area contributed by atoms with Crippen molar-refractivity contribution >= 4 is 34.4 Å². The van der Waals surface area contributed by atoms with Gasteiger partial charge < -0.3 is 19.8 Å². The first kappa shape index (κ1) is 28.0. The highest BCUT2D eigenvalue weighted by Gasteiger charge is 2.17. The molecule has 0 unspecified atom stereocenters. The first-order valence-electron chi connectivity index (χ1n) is 12.3. The van der Waals surface area contributed by atoms with Crippen molar-refractivity contribution in [3.8, 4) is 5.75 Å². The minimum Gasteiger partial charge on any atom is -0.492 e. The number of carbonyl (C=O) groups is 3. The first-order chi connectivity index (χ1) is 18.2. The molecule has 8 heteroatoms. The number of carboxylic acids is 2. The highest BCUT2D eigenvalue weighted by atomic mass is 16.5. The van der Waals surface area contributed by atoms with Crippen molar-refractivity contribution < 1.29 is 29.3 Å².